The van der Waals surface area contributed by atoms with Crippen molar-refractivity contribution in [2.45, 2.75) is 12.6 Å². The average molecular weight is 201 g/mol. The average Bonchev–Trinajstić information content (AvgIpc) is 2.17. The Bertz CT molecular complexity index is 326. The fourth-order valence-electron chi connectivity index (χ4n) is 1.16. The van der Waals surface area contributed by atoms with Gasteiger partial charge in [-0.2, -0.15) is 0 Å². The van der Waals surface area contributed by atoms with Gasteiger partial charge in [-0.25, -0.2) is 8.78 Å². The van der Waals surface area contributed by atoms with Crippen LogP contribution in [0, 0.1) is 5.82 Å². The molecule has 0 aromatic heterocycles. The van der Waals surface area contributed by atoms with Crippen molar-refractivity contribution in [3.05, 3.63) is 29.6 Å². The topological polar surface area (TPSA) is 35.2 Å². The highest BCUT2D eigenvalue weighted by molar-refractivity contribution is 5.32. The second-order valence-electron chi connectivity index (χ2n) is 3.25. The summed E-state index contributed by atoms with van der Waals surface area (Å²) < 4.78 is 31.8. The van der Waals surface area contributed by atoms with E-state index in [1.807, 2.05) is 0 Å². The van der Waals surface area contributed by atoms with Gasteiger partial charge in [-0.3, -0.25) is 0 Å². The standard InChI is InChI=1S/C10H13F2NO/c1-10(12,6-13)8-4-3-7(14-2)5-9(8)11/h3-5H,6,13H2,1-2H3. The van der Waals surface area contributed by atoms with Crippen molar-refractivity contribution in [2.24, 2.45) is 5.73 Å². The van der Waals surface area contributed by atoms with E-state index in [9.17, 15) is 8.78 Å². The lowest BCUT2D eigenvalue weighted by molar-refractivity contribution is 0.196. The van der Waals surface area contributed by atoms with Crippen molar-refractivity contribution in [3.8, 4) is 5.75 Å². The number of alkyl halides is 1. The van der Waals surface area contributed by atoms with Gasteiger partial charge in [-0.1, -0.05) is 0 Å². The van der Waals surface area contributed by atoms with Crippen LogP contribution in [0.5, 0.6) is 5.75 Å². The molecule has 0 aliphatic heterocycles. The lowest BCUT2D eigenvalue weighted by Crippen LogP contribution is -2.27. The molecule has 0 heterocycles. The van der Waals surface area contributed by atoms with Crippen molar-refractivity contribution in [2.75, 3.05) is 13.7 Å². The maximum Gasteiger partial charge on any atom is 0.148 e. The zero-order chi connectivity index (χ0) is 10.8. The summed E-state index contributed by atoms with van der Waals surface area (Å²) >= 11 is 0. The molecule has 1 aromatic carbocycles. The Hall–Kier alpha value is -1.16. The zero-order valence-electron chi connectivity index (χ0n) is 8.18. The molecule has 2 nitrogen and oxygen atoms in total. The van der Waals surface area contributed by atoms with Crippen LogP contribution in [-0.4, -0.2) is 13.7 Å². The molecule has 2 N–H and O–H groups in total. The summed E-state index contributed by atoms with van der Waals surface area (Å²) in [6.45, 7) is 0.994. The fraction of sp³-hybridized carbons (Fsp3) is 0.400. The van der Waals surface area contributed by atoms with E-state index in [-0.39, 0.29) is 12.1 Å². The third-order valence-corrected chi connectivity index (χ3v) is 2.12. The fourth-order valence-corrected chi connectivity index (χ4v) is 1.16. The lowest BCUT2D eigenvalue weighted by atomic mass is 9.97. The summed E-state index contributed by atoms with van der Waals surface area (Å²) in [4.78, 5) is 0. The summed E-state index contributed by atoms with van der Waals surface area (Å²) in [7, 11) is 1.42. The molecule has 78 valence electrons. The first-order chi connectivity index (χ1) is 6.51. The van der Waals surface area contributed by atoms with Gasteiger partial charge < -0.3 is 10.5 Å². The molecule has 0 saturated carbocycles. The maximum absolute atomic E-state index is 13.6. The van der Waals surface area contributed by atoms with Crippen molar-refractivity contribution >= 4 is 0 Å². The highest BCUT2D eigenvalue weighted by Crippen LogP contribution is 2.28. The molecule has 14 heavy (non-hydrogen) atoms. The second-order valence-corrected chi connectivity index (χ2v) is 3.25. The minimum Gasteiger partial charge on any atom is -0.497 e. The van der Waals surface area contributed by atoms with Gasteiger partial charge in [0, 0.05) is 18.2 Å². The smallest absolute Gasteiger partial charge is 0.148 e. The molecule has 1 atom stereocenters. The van der Waals surface area contributed by atoms with E-state index in [2.05, 4.69) is 0 Å². The minimum atomic E-state index is -1.84. The molecular weight excluding hydrogens is 188 g/mol. The summed E-state index contributed by atoms with van der Waals surface area (Å²) in [6.07, 6.45) is 0. The van der Waals surface area contributed by atoms with E-state index in [1.54, 1.807) is 0 Å². The molecule has 1 aromatic rings. The van der Waals surface area contributed by atoms with Crippen LogP contribution in [-0.2, 0) is 5.67 Å². The van der Waals surface area contributed by atoms with Crippen molar-refractivity contribution in [1.29, 1.82) is 0 Å². The molecule has 0 amide bonds. The minimum absolute atomic E-state index is 0.0409. The van der Waals surface area contributed by atoms with Crippen molar-refractivity contribution < 1.29 is 13.5 Å². The van der Waals surface area contributed by atoms with Gasteiger partial charge in [-0.05, 0) is 19.1 Å². The first-order valence-corrected chi connectivity index (χ1v) is 4.24. The molecule has 0 bridgehead atoms. The van der Waals surface area contributed by atoms with Gasteiger partial charge in [0.05, 0.1) is 7.11 Å². The van der Waals surface area contributed by atoms with Crippen LogP contribution < -0.4 is 10.5 Å². The number of nitrogens with two attached hydrogens (primary N) is 1. The van der Waals surface area contributed by atoms with Gasteiger partial charge >= 0.3 is 0 Å². The van der Waals surface area contributed by atoms with Crippen molar-refractivity contribution in [3.63, 3.8) is 0 Å². The number of methoxy groups -OCH3 is 1. The summed E-state index contributed by atoms with van der Waals surface area (Å²) in [6, 6.07) is 4.00. The molecule has 0 radical (unpaired) electrons. The molecule has 0 aliphatic rings. The highest BCUT2D eigenvalue weighted by Gasteiger charge is 2.27. The lowest BCUT2D eigenvalue weighted by Gasteiger charge is -2.19. The molecule has 0 saturated heterocycles. The Kier molecular flexibility index (Phi) is 3.06. The third kappa shape index (κ3) is 2.01. The van der Waals surface area contributed by atoms with E-state index in [4.69, 9.17) is 10.5 Å². The van der Waals surface area contributed by atoms with Crippen LogP contribution in [0.2, 0.25) is 0 Å². The number of hydrogen-bond donors (Lipinski definition) is 1. The van der Waals surface area contributed by atoms with Gasteiger partial charge in [0.15, 0.2) is 0 Å². The van der Waals surface area contributed by atoms with Crippen LogP contribution in [0.1, 0.15) is 12.5 Å². The largest absolute Gasteiger partial charge is 0.497 e. The second kappa shape index (κ2) is 3.92. The molecule has 1 unspecified atom stereocenters. The molecule has 0 spiro atoms. The van der Waals surface area contributed by atoms with Gasteiger partial charge in [0.1, 0.15) is 17.2 Å². The number of halogens is 2. The number of hydrogen-bond acceptors (Lipinski definition) is 2. The van der Waals surface area contributed by atoms with Crippen LogP contribution in [0.25, 0.3) is 0 Å². The Labute approximate surface area is 81.7 Å². The maximum atomic E-state index is 13.6. The van der Waals surface area contributed by atoms with E-state index in [1.165, 1.54) is 26.2 Å². The van der Waals surface area contributed by atoms with Crippen molar-refractivity contribution in [1.82, 2.24) is 0 Å². The molecule has 1 rings (SSSR count). The third-order valence-electron chi connectivity index (χ3n) is 2.12. The molecule has 0 fully saturated rings. The van der Waals surface area contributed by atoms with E-state index < -0.39 is 11.5 Å². The monoisotopic (exact) mass is 201 g/mol. The van der Waals surface area contributed by atoms with Gasteiger partial charge in [0.25, 0.3) is 0 Å². The Morgan fingerprint density at radius 3 is 2.57 bits per heavy atom. The number of benzene rings is 1. The van der Waals surface area contributed by atoms with Crippen LogP contribution in [0.4, 0.5) is 8.78 Å². The molecular formula is C10H13F2NO. The zero-order valence-corrected chi connectivity index (χ0v) is 8.18. The number of ether oxygens (including phenoxy) is 1. The van der Waals surface area contributed by atoms with Crippen LogP contribution >= 0.6 is 0 Å². The quantitative estimate of drug-likeness (QED) is 0.811. The predicted molar refractivity (Wildman–Crippen MR) is 50.5 cm³/mol. The number of rotatable bonds is 3. The Morgan fingerprint density at radius 1 is 1.50 bits per heavy atom. The summed E-state index contributed by atoms with van der Waals surface area (Å²) in [5, 5.41) is 0. The first-order valence-electron chi connectivity index (χ1n) is 4.24. The van der Waals surface area contributed by atoms with E-state index >= 15 is 0 Å². The van der Waals surface area contributed by atoms with E-state index in [0.717, 1.165) is 6.07 Å². The van der Waals surface area contributed by atoms with Crippen LogP contribution in [0.15, 0.2) is 18.2 Å². The SMILES string of the molecule is COc1ccc(C(C)(F)CN)c(F)c1. The highest BCUT2D eigenvalue weighted by atomic mass is 19.1. The first kappa shape index (κ1) is 10.9. The molecule has 0 aliphatic carbocycles. The Morgan fingerprint density at radius 2 is 2.14 bits per heavy atom. The van der Waals surface area contributed by atoms with Crippen LogP contribution in [0.3, 0.4) is 0 Å². The Balaban J connectivity index is 3.12. The van der Waals surface area contributed by atoms with Gasteiger partial charge in [-0.15, -0.1) is 0 Å². The normalized spacial score (nSPS) is 14.9. The molecule has 4 heteroatoms. The van der Waals surface area contributed by atoms with Gasteiger partial charge in [0.2, 0.25) is 0 Å². The summed E-state index contributed by atoms with van der Waals surface area (Å²) in [5.41, 5.74) is 3.33. The van der Waals surface area contributed by atoms with E-state index in [0.29, 0.717) is 5.75 Å². The summed E-state index contributed by atoms with van der Waals surface area (Å²) in [5.74, 6) is -0.279. The predicted octanol–water partition coefficient (Wildman–Crippen LogP) is 1.98.